The van der Waals surface area contributed by atoms with Gasteiger partial charge < -0.3 is 15.4 Å². The molecule has 0 bridgehead atoms. The van der Waals surface area contributed by atoms with Gasteiger partial charge in [-0.2, -0.15) is 0 Å². The van der Waals surface area contributed by atoms with E-state index in [1.807, 2.05) is 18.2 Å². The van der Waals surface area contributed by atoms with Gasteiger partial charge in [-0.1, -0.05) is 36.4 Å². The highest BCUT2D eigenvalue weighted by molar-refractivity contribution is 14.0. The molecule has 1 aliphatic rings. The molecule has 2 N–H and O–H groups in total. The molecule has 1 fully saturated rings. The largest absolute Gasteiger partial charge is 0.373 e. The van der Waals surface area contributed by atoms with Gasteiger partial charge in [0.25, 0.3) is 0 Å². The SMILES string of the molecule is CN=C(NCc1cc(F)ccc1CS(C)(=O)=O)NCC1CCOC1c1ccccc1.I. The number of ether oxygens (including phenoxy) is 1. The molecule has 31 heavy (non-hydrogen) atoms. The number of hydrogen-bond acceptors (Lipinski definition) is 4. The van der Waals surface area contributed by atoms with Crippen LogP contribution in [0.3, 0.4) is 0 Å². The Hall–Kier alpha value is -1.72. The zero-order valence-corrected chi connectivity index (χ0v) is 20.8. The molecule has 0 radical (unpaired) electrons. The van der Waals surface area contributed by atoms with E-state index in [1.165, 1.54) is 24.5 Å². The highest BCUT2D eigenvalue weighted by Crippen LogP contribution is 2.33. The third-order valence-electron chi connectivity index (χ3n) is 5.13. The first-order chi connectivity index (χ1) is 14.4. The fraction of sp³-hybridized carbons (Fsp3) is 0.409. The van der Waals surface area contributed by atoms with Crippen LogP contribution in [-0.2, 0) is 26.9 Å². The quantitative estimate of drug-likeness (QED) is 0.308. The van der Waals surface area contributed by atoms with E-state index in [1.54, 1.807) is 7.05 Å². The second-order valence-corrected chi connectivity index (χ2v) is 9.68. The first-order valence-electron chi connectivity index (χ1n) is 9.92. The molecule has 2 atom stereocenters. The van der Waals surface area contributed by atoms with Crippen molar-refractivity contribution >= 4 is 39.8 Å². The molecule has 1 aliphatic heterocycles. The van der Waals surface area contributed by atoms with Crippen molar-refractivity contribution in [2.24, 2.45) is 10.9 Å². The third-order valence-corrected chi connectivity index (χ3v) is 5.97. The predicted octanol–water partition coefficient (Wildman–Crippen LogP) is 3.43. The molecule has 1 saturated heterocycles. The van der Waals surface area contributed by atoms with Gasteiger partial charge in [0.1, 0.15) is 5.82 Å². The minimum Gasteiger partial charge on any atom is -0.373 e. The maximum Gasteiger partial charge on any atom is 0.191 e. The van der Waals surface area contributed by atoms with Crippen LogP contribution >= 0.6 is 24.0 Å². The smallest absolute Gasteiger partial charge is 0.191 e. The molecule has 2 unspecified atom stereocenters. The molecule has 0 aliphatic carbocycles. The van der Waals surface area contributed by atoms with E-state index in [-0.39, 0.29) is 42.4 Å². The van der Waals surface area contributed by atoms with E-state index >= 15 is 0 Å². The Morgan fingerprint density at radius 2 is 1.90 bits per heavy atom. The van der Waals surface area contributed by atoms with Crippen molar-refractivity contribution in [3.05, 3.63) is 71.0 Å². The zero-order valence-electron chi connectivity index (χ0n) is 17.7. The van der Waals surface area contributed by atoms with E-state index in [0.717, 1.165) is 18.6 Å². The fourth-order valence-corrected chi connectivity index (χ4v) is 4.51. The van der Waals surface area contributed by atoms with Crippen LogP contribution in [0.1, 0.15) is 29.2 Å². The Bertz CT molecular complexity index is 987. The third kappa shape index (κ3) is 7.73. The average Bonchev–Trinajstić information content (AvgIpc) is 3.18. The summed E-state index contributed by atoms with van der Waals surface area (Å²) in [5.41, 5.74) is 2.33. The van der Waals surface area contributed by atoms with Crippen molar-refractivity contribution in [3.8, 4) is 0 Å². The second-order valence-electron chi connectivity index (χ2n) is 7.54. The monoisotopic (exact) mass is 561 g/mol. The lowest BCUT2D eigenvalue weighted by atomic mass is 9.95. The van der Waals surface area contributed by atoms with Gasteiger partial charge in [-0.25, -0.2) is 12.8 Å². The molecular weight excluding hydrogens is 532 g/mol. The van der Waals surface area contributed by atoms with Crippen molar-refractivity contribution in [2.75, 3.05) is 26.5 Å². The van der Waals surface area contributed by atoms with Crippen molar-refractivity contribution in [3.63, 3.8) is 0 Å². The summed E-state index contributed by atoms with van der Waals surface area (Å²) in [6.45, 7) is 1.67. The maximum absolute atomic E-state index is 13.7. The van der Waals surface area contributed by atoms with E-state index in [0.29, 0.717) is 29.5 Å². The van der Waals surface area contributed by atoms with Gasteiger partial charge in [-0.05, 0) is 35.2 Å². The normalized spacial score (nSPS) is 19.0. The van der Waals surface area contributed by atoms with E-state index in [4.69, 9.17) is 4.74 Å². The van der Waals surface area contributed by atoms with Crippen LogP contribution in [-0.4, -0.2) is 40.8 Å². The molecular formula is C22H29FIN3O3S. The van der Waals surface area contributed by atoms with Gasteiger partial charge in [0.15, 0.2) is 15.8 Å². The molecule has 170 valence electrons. The standard InChI is InChI=1S/C22H28FN3O3S.HI/c1-24-22(25-13-17-10-11-29-21(17)16-6-4-3-5-7-16)26-14-19-12-20(23)9-8-18(19)15-30(2,27)28;/h3-9,12,17,21H,10-11,13-15H2,1-2H3,(H2,24,25,26);1H. The summed E-state index contributed by atoms with van der Waals surface area (Å²) in [6, 6.07) is 14.3. The number of aliphatic imine (C=N–C) groups is 1. The number of nitrogens with zero attached hydrogens (tertiary/aromatic N) is 1. The lowest BCUT2D eigenvalue weighted by molar-refractivity contribution is 0.0915. The summed E-state index contributed by atoms with van der Waals surface area (Å²) in [5, 5.41) is 6.46. The number of sulfone groups is 1. The number of nitrogens with one attached hydrogen (secondary N) is 2. The Balaban J connectivity index is 0.00000341. The van der Waals surface area contributed by atoms with Gasteiger partial charge in [-0.15, -0.1) is 24.0 Å². The van der Waals surface area contributed by atoms with Gasteiger partial charge >= 0.3 is 0 Å². The van der Waals surface area contributed by atoms with Gasteiger partial charge in [0.05, 0.1) is 11.9 Å². The first kappa shape index (κ1) is 25.5. The molecule has 0 aromatic heterocycles. The van der Waals surface area contributed by atoms with Crippen molar-refractivity contribution in [1.82, 2.24) is 10.6 Å². The second kappa shape index (κ2) is 11.8. The van der Waals surface area contributed by atoms with Crippen LogP contribution in [0.15, 0.2) is 53.5 Å². The lowest BCUT2D eigenvalue weighted by Gasteiger charge is -2.21. The van der Waals surface area contributed by atoms with Crippen LogP contribution in [0.2, 0.25) is 0 Å². The zero-order chi connectivity index (χ0) is 21.6. The number of guanidine groups is 1. The fourth-order valence-electron chi connectivity index (χ4n) is 3.66. The molecule has 0 spiro atoms. The minimum absolute atomic E-state index is 0. The topological polar surface area (TPSA) is 79.8 Å². The summed E-state index contributed by atoms with van der Waals surface area (Å²) in [7, 11) is -1.56. The van der Waals surface area contributed by atoms with Crippen molar-refractivity contribution in [2.45, 2.75) is 24.8 Å². The Kier molecular flexibility index (Phi) is 9.70. The van der Waals surface area contributed by atoms with Crippen molar-refractivity contribution < 1.29 is 17.5 Å². The summed E-state index contributed by atoms with van der Waals surface area (Å²) >= 11 is 0. The summed E-state index contributed by atoms with van der Waals surface area (Å²) in [6.07, 6.45) is 2.16. The maximum atomic E-state index is 13.7. The molecule has 3 rings (SSSR count). The Labute approximate surface area is 200 Å². The summed E-state index contributed by atoms with van der Waals surface area (Å²) in [5.74, 6) is 0.346. The predicted molar refractivity (Wildman–Crippen MR) is 132 cm³/mol. The lowest BCUT2D eigenvalue weighted by Crippen LogP contribution is -2.40. The van der Waals surface area contributed by atoms with E-state index in [9.17, 15) is 12.8 Å². The van der Waals surface area contributed by atoms with Crippen LogP contribution in [0, 0.1) is 11.7 Å². The van der Waals surface area contributed by atoms with E-state index < -0.39 is 15.7 Å². The average molecular weight is 561 g/mol. The molecule has 2 aromatic rings. The Morgan fingerprint density at radius 3 is 2.58 bits per heavy atom. The summed E-state index contributed by atoms with van der Waals surface area (Å²) < 4.78 is 43.0. The number of rotatable bonds is 7. The first-order valence-corrected chi connectivity index (χ1v) is 12.0. The number of benzene rings is 2. The highest BCUT2D eigenvalue weighted by atomic mass is 127. The number of hydrogen-bond donors (Lipinski definition) is 2. The Morgan fingerprint density at radius 1 is 1.16 bits per heavy atom. The molecule has 6 nitrogen and oxygen atoms in total. The van der Waals surface area contributed by atoms with Crippen LogP contribution in [0.4, 0.5) is 4.39 Å². The summed E-state index contributed by atoms with van der Waals surface area (Å²) in [4.78, 5) is 4.23. The molecule has 1 heterocycles. The number of halogens is 2. The molecule has 0 amide bonds. The molecule has 2 aromatic carbocycles. The van der Waals surface area contributed by atoms with Crippen LogP contribution in [0.25, 0.3) is 0 Å². The van der Waals surface area contributed by atoms with Gasteiger partial charge in [0, 0.05) is 38.9 Å². The molecule has 0 saturated carbocycles. The van der Waals surface area contributed by atoms with Gasteiger partial charge in [-0.3, -0.25) is 4.99 Å². The minimum atomic E-state index is -3.22. The molecule has 9 heteroatoms. The van der Waals surface area contributed by atoms with E-state index in [2.05, 4.69) is 27.8 Å². The van der Waals surface area contributed by atoms with Crippen molar-refractivity contribution in [1.29, 1.82) is 0 Å². The van der Waals surface area contributed by atoms with Gasteiger partial charge in [0.2, 0.25) is 0 Å². The van der Waals surface area contributed by atoms with Crippen LogP contribution < -0.4 is 10.6 Å². The van der Waals surface area contributed by atoms with Crippen LogP contribution in [0.5, 0.6) is 0 Å². The highest BCUT2D eigenvalue weighted by Gasteiger charge is 2.29.